The van der Waals surface area contributed by atoms with Crippen molar-refractivity contribution in [1.82, 2.24) is 19.9 Å². The Hall–Kier alpha value is -3.48. The van der Waals surface area contributed by atoms with Crippen molar-refractivity contribution in [1.29, 1.82) is 0 Å². The normalized spacial score (nSPS) is 14.0. The largest absolute Gasteiger partial charge is 0.353 e. The fraction of sp³-hybridized carbons (Fsp3) is 0.273. The Labute approximate surface area is 170 Å². The molecule has 7 heteroatoms. The number of hydrogen-bond acceptors (Lipinski definition) is 6. The average molecular weight is 388 g/mol. The summed E-state index contributed by atoms with van der Waals surface area (Å²) in [4.78, 5) is 32.5. The third-order valence-electron chi connectivity index (χ3n) is 5.05. The zero-order valence-corrected chi connectivity index (χ0v) is 16.7. The standard InChI is InChI=1S/C22H24N6O/c1-17-16-19(25-22(24-17)26(2)18-8-4-3-5-9-18)21(29)28-14-12-27(13-15-28)20-10-6-7-11-23-20/h3-11,16H,12-15H2,1-2H3. The topological polar surface area (TPSA) is 65.5 Å². The predicted molar refractivity (Wildman–Crippen MR) is 114 cm³/mol. The van der Waals surface area contributed by atoms with Crippen LogP contribution in [0, 0.1) is 6.92 Å². The molecular weight excluding hydrogens is 364 g/mol. The first-order valence-electron chi connectivity index (χ1n) is 9.71. The average Bonchev–Trinajstić information content (AvgIpc) is 2.79. The van der Waals surface area contributed by atoms with E-state index in [1.54, 1.807) is 12.3 Å². The van der Waals surface area contributed by atoms with Crippen LogP contribution in [-0.2, 0) is 0 Å². The molecule has 1 amide bonds. The van der Waals surface area contributed by atoms with Gasteiger partial charge in [-0.2, -0.15) is 0 Å². The molecule has 3 aromatic rings. The summed E-state index contributed by atoms with van der Waals surface area (Å²) in [6.45, 7) is 4.68. The second-order valence-corrected chi connectivity index (χ2v) is 7.06. The Morgan fingerprint density at radius 1 is 0.966 bits per heavy atom. The molecule has 0 N–H and O–H groups in total. The van der Waals surface area contributed by atoms with Gasteiger partial charge >= 0.3 is 0 Å². The number of carbonyl (C=O) groups excluding carboxylic acids is 1. The third kappa shape index (κ3) is 4.18. The minimum Gasteiger partial charge on any atom is -0.353 e. The Bertz CT molecular complexity index is 971. The van der Waals surface area contributed by atoms with Crippen LogP contribution in [0.2, 0.25) is 0 Å². The molecule has 0 aliphatic carbocycles. The quantitative estimate of drug-likeness (QED) is 0.685. The molecule has 0 bridgehead atoms. The van der Waals surface area contributed by atoms with Crippen molar-refractivity contribution in [3.63, 3.8) is 0 Å². The highest BCUT2D eigenvalue weighted by Crippen LogP contribution is 2.21. The molecule has 2 aromatic heterocycles. The highest BCUT2D eigenvalue weighted by molar-refractivity contribution is 5.93. The van der Waals surface area contributed by atoms with E-state index < -0.39 is 0 Å². The van der Waals surface area contributed by atoms with Crippen molar-refractivity contribution >= 4 is 23.4 Å². The smallest absolute Gasteiger partial charge is 0.272 e. The van der Waals surface area contributed by atoms with Crippen molar-refractivity contribution in [3.8, 4) is 0 Å². The number of rotatable bonds is 4. The van der Waals surface area contributed by atoms with Crippen LogP contribution in [0.25, 0.3) is 0 Å². The zero-order valence-electron chi connectivity index (χ0n) is 16.7. The van der Waals surface area contributed by atoms with Gasteiger partial charge in [-0.05, 0) is 37.3 Å². The first-order chi connectivity index (χ1) is 14.1. The lowest BCUT2D eigenvalue weighted by atomic mass is 10.2. The van der Waals surface area contributed by atoms with Gasteiger partial charge in [-0.25, -0.2) is 15.0 Å². The zero-order chi connectivity index (χ0) is 20.2. The molecule has 1 aliphatic rings. The summed E-state index contributed by atoms with van der Waals surface area (Å²) in [5.74, 6) is 1.41. The van der Waals surface area contributed by atoms with E-state index in [0.717, 1.165) is 30.3 Å². The number of hydrogen-bond donors (Lipinski definition) is 0. The summed E-state index contributed by atoms with van der Waals surface area (Å²) in [5, 5.41) is 0. The highest BCUT2D eigenvalue weighted by atomic mass is 16.2. The maximum absolute atomic E-state index is 13.1. The SMILES string of the molecule is Cc1cc(C(=O)N2CCN(c3ccccn3)CC2)nc(N(C)c2ccccc2)n1. The van der Waals surface area contributed by atoms with Gasteiger partial charge in [-0.1, -0.05) is 24.3 Å². The van der Waals surface area contributed by atoms with E-state index in [9.17, 15) is 4.79 Å². The predicted octanol–water partition coefficient (Wildman–Crippen LogP) is 2.91. The van der Waals surface area contributed by atoms with Gasteiger partial charge in [0.1, 0.15) is 11.5 Å². The summed E-state index contributed by atoms with van der Waals surface area (Å²) in [5.41, 5.74) is 2.18. The molecule has 0 unspecified atom stereocenters. The van der Waals surface area contributed by atoms with Gasteiger partial charge in [-0.15, -0.1) is 0 Å². The van der Waals surface area contributed by atoms with Gasteiger partial charge in [0.2, 0.25) is 5.95 Å². The lowest BCUT2D eigenvalue weighted by molar-refractivity contribution is 0.0740. The molecule has 3 heterocycles. The maximum Gasteiger partial charge on any atom is 0.272 e. The number of anilines is 3. The van der Waals surface area contributed by atoms with Gasteiger partial charge in [-0.3, -0.25) is 4.79 Å². The number of carbonyl (C=O) groups is 1. The molecule has 1 saturated heterocycles. The number of piperazine rings is 1. The van der Waals surface area contributed by atoms with E-state index in [-0.39, 0.29) is 5.91 Å². The van der Waals surface area contributed by atoms with Crippen LogP contribution >= 0.6 is 0 Å². The van der Waals surface area contributed by atoms with E-state index in [1.807, 2.05) is 72.3 Å². The number of amides is 1. The van der Waals surface area contributed by atoms with Gasteiger partial charge in [0.25, 0.3) is 5.91 Å². The Balaban J connectivity index is 1.49. The molecule has 4 rings (SSSR count). The van der Waals surface area contributed by atoms with Crippen LogP contribution in [0.5, 0.6) is 0 Å². The second-order valence-electron chi connectivity index (χ2n) is 7.06. The van der Waals surface area contributed by atoms with Gasteiger partial charge in [0, 0.05) is 50.8 Å². The summed E-state index contributed by atoms with van der Waals surface area (Å²) in [6, 6.07) is 17.5. The second kappa shape index (κ2) is 8.26. The monoisotopic (exact) mass is 388 g/mol. The van der Waals surface area contributed by atoms with Crippen molar-refractivity contribution < 1.29 is 4.79 Å². The Morgan fingerprint density at radius 2 is 1.69 bits per heavy atom. The van der Waals surface area contributed by atoms with E-state index in [0.29, 0.717) is 24.7 Å². The first-order valence-corrected chi connectivity index (χ1v) is 9.71. The number of aromatic nitrogens is 3. The minimum absolute atomic E-state index is 0.0566. The Morgan fingerprint density at radius 3 is 2.38 bits per heavy atom. The molecule has 1 aromatic carbocycles. The summed E-state index contributed by atoms with van der Waals surface area (Å²) < 4.78 is 0. The molecule has 148 valence electrons. The number of para-hydroxylation sites is 1. The fourth-order valence-corrected chi connectivity index (χ4v) is 3.42. The van der Waals surface area contributed by atoms with Gasteiger partial charge < -0.3 is 14.7 Å². The number of nitrogens with zero attached hydrogens (tertiary/aromatic N) is 6. The van der Waals surface area contributed by atoms with Crippen molar-refractivity contribution in [2.45, 2.75) is 6.92 Å². The molecule has 1 aliphatic heterocycles. The van der Waals surface area contributed by atoms with E-state index in [1.165, 1.54) is 0 Å². The lowest BCUT2D eigenvalue weighted by Gasteiger charge is -2.35. The van der Waals surface area contributed by atoms with E-state index >= 15 is 0 Å². The van der Waals surface area contributed by atoms with Crippen molar-refractivity contribution in [3.05, 3.63) is 72.2 Å². The molecule has 0 saturated carbocycles. The third-order valence-corrected chi connectivity index (χ3v) is 5.05. The van der Waals surface area contributed by atoms with Gasteiger partial charge in [0.15, 0.2) is 0 Å². The van der Waals surface area contributed by atoms with E-state index in [4.69, 9.17) is 0 Å². The fourth-order valence-electron chi connectivity index (χ4n) is 3.42. The summed E-state index contributed by atoms with van der Waals surface area (Å²) >= 11 is 0. The summed E-state index contributed by atoms with van der Waals surface area (Å²) in [7, 11) is 1.91. The number of pyridine rings is 1. The van der Waals surface area contributed by atoms with Crippen LogP contribution in [-0.4, -0.2) is 59.0 Å². The van der Waals surface area contributed by atoms with Gasteiger partial charge in [0.05, 0.1) is 0 Å². The van der Waals surface area contributed by atoms with Crippen LogP contribution in [0.1, 0.15) is 16.2 Å². The minimum atomic E-state index is -0.0566. The lowest BCUT2D eigenvalue weighted by Crippen LogP contribution is -2.49. The van der Waals surface area contributed by atoms with Crippen LogP contribution < -0.4 is 9.80 Å². The summed E-state index contributed by atoms with van der Waals surface area (Å²) in [6.07, 6.45) is 1.79. The maximum atomic E-state index is 13.1. The molecule has 1 fully saturated rings. The van der Waals surface area contributed by atoms with Crippen LogP contribution in [0.15, 0.2) is 60.8 Å². The molecule has 7 nitrogen and oxygen atoms in total. The molecular formula is C22H24N6O. The van der Waals surface area contributed by atoms with Crippen molar-refractivity contribution in [2.24, 2.45) is 0 Å². The highest BCUT2D eigenvalue weighted by Gasteiger charge is 2.24. The number of benzene rings is 1. The molecule has 0 spiro atoms. The van der Waals surface area contributed by atoms with Crippen LogP contribution in [0.4, 0.5) is 17.5 Å². The Kier molecular flexibility index (Phi) is 5.37. The first kappa shape index (κ1) is 18.9. The molecule has 29 heavy (non-hydrogen) atoms. The number of aryl methyl sites for hydroxylation is 1. The molecule has 0 atom stereocenters. The van der Waals surface area contributed by atoms with Crippen molar-refractivity contribution in [2.75, 3.05) is 43.0 Å². The molecule has 0 radical (unpaired) electrons. The van der Waals surface area contributed by atoms with E-state index in [2.05, 4.69) is 19.9 Å². The van der Waals surface area contributed by atoms with Crippen LogP contribution in [0.3, 0.4) is 0 Å².